The normalized spacial score (nSPS) is 10.4. The Morgan fingerprint density at radius 2 is 1.83 bits per heavy atom. The number of halogens is 1. The highest BCUT2D eigenvalue weighted by Crippen LogP contribution is 2.13. The highest BCUT2D eigenvalue weighted by Gasteiger charge is 2.06. The Labute approximate surface area is 112 Å². The summed E-state index contributed by atoms with van der Waals surface area (Å²) in [5, 5.41) is 0. The van der Waals surface area contributed by atoms with Crippen LogP contribution in [0.3, 0.4) is 0 Å². The number of nitrogens with zero attached hydrogens (tertiary/aromatic N) is 3. The first-order valence-corrected chi connectivity index (χ1v) is 6.36. The minimum atomic E-state index is 0.446. The van der Waals surface area contributed by atoms with Gasteiger partial charge in [0.05, 0.1) is 5.88 Å². The zero-order valence-electron chi connectivity index (χ0n) is 10.6. The Bertz CT molecular complexity index is 511. The molecule has 3 nitrogen and oxygen atoms in total. The maximum absolute atomic E-state index is 5.72. The second-order valence-electron chi connectivity index (χ2n) is 4.31. The van der Waals surface area contributed by atoms with Crippen molar-refractivity contribution in [2.75, 3.05) is 11.9 Å². The maximum Gasteiger partial charge on any atom is 0.225 e. The van der Waals surface area contributed by atoms with Crippen LogP contribution in [0.5, 0.6) is 0 Å². The summed E-state index contributed by atoms with van der Waals surface area (Å²) >= 11 is 5.72. The maximum atomic E-state index is 5.72. The molecule has 1 aromatic heterocycles. The third-order valence-corrected chi connectivity index (χ3v) is 3.16. The largest absolute Gasteiger partial charge is 0.340 e. The molecule has 0 radical (unpaired) electrons. The molecule has 0 bridgehead atoms. The summed E-state index contributed by atoms with van der Waals surface area (Å²) in [6.45, 7) is 2.91. The van der Waals surface area contributed by atoms with Gasteiger partial charge in [0.15, 0.2) is 0 Å². The molecule has 0 aliphatic heterocycles. The van der Waals surface area contributed by atoms with E-state index in [4.69, 9.17) is 11.6 Å². The fourth-order valence-corrected chi connectivity index (χ4v) is 1.87. The monoisotopic (exact) mass is 261 g/mol. The van der Waals surface area contributed by atoms with E-state index in [2.05, 4.69) is 29.0 Å². The van der Waals surface area contributed by atoms with Gasteiger partial charge in [-0.15, -0.1) is 11.6 Å². The molecule has 0 fully saturated rings. The van der Waals surface area contributed by atoms with Crippen molar-refractivity contribution in [3.63, 3.8) is 0 Å². The predicted molar refractivity (Wildman–Crippen MR) is 74.9 cm³/mol. The summed E-state index contributed by atoms with van der Waals surface area (Å²) in [5.41, 5.74) is 3.50. The van der Waals surface area contributed by atoms with Gasteiger partial charge in [-0.05, 0) is 18.1 Å². The Morgan fingerprint density at radius 1 is 1.17 bits per heavy atom. The van der Waals surface area contributed by atoms with Crippen molar-refractivity contribution in [3.8, 4) is 0 Å². The van der Waals surface area contributed by atoms with Gasteiger partial charge >= 0.3 is 0 Å². The van der Waals surface area contributed by atoms with Crippen molar-refractivity contribution >= 4 is 17.5 Å². The van der Waals surface area contributed by atoms with Crippen molar-refractivity contribution in [3.05, 3.63) is 53.3 Å². The third-order valence-electron chi connectivity index (χ3n) is 2.86. The number of aryl methyl sites for hydroxylation is 1. The lowest BCUT2D eigenvalue weighted by atomic mass is 10.1. The van der Waals surface area contributed by atoms with Crippen molar-refractivity contribution in [2.24, 2.45) is 0 Å². The summed E-state index contributed by atoms with van der Waals surface area (Å²) in [6.07, 6.45) is 3.54. The van der Waals surface area contributed by atoms with Gasteiger partial charge in [-0.1, -0.05) is 24.3 Å². The SMILES string of the molecule is Cc1ccccc1CN(C)c1ncc(CCl)cn1. The topological polar surface area (TPSA) is 29.0 Å². The van der Waals surface area contributed by atoms with Crippen molar-refractivity contribution in [2.45, 2.75) is 19.3 Å². The molecular weight excluding hydrogens is 246 g/mol. The van der Waals surface area contributed by atoms with Crippen LogP contribution in [-0.2, 0) is 12.4 Å². The fraction of sp³-hybridized carbons (Fsp3) is 0.286. The molecule has 0 unspecified atom stereocenters. The van der Waals surface area contributed by atoms with Crippen molar-refractivity contribution in [1.29, 1.82) is 0 Å². The van der Waals surface area contributed by atoms with E-state index >= 15 is 0 Å². The first kappa shape index (κ1) is 12.8. The lowest BCUT2D eigenvalue weighted by molar-refractivity contribution is 0.857. The molecule has 0 aliphatic rings. The minimum Gasteiger partial charge on any atom is -0.340 e. The van der Waals surface area contributed by atoms with E-state index in [9.17, 15) is 0 Å². The number of benzene rings is 1. The number of alkyl halides is 1. The molecule has 94 valence electrons. The Morgan fingerprint density at radius 3 is 2.44 bits per heavy atom. The highest BCUT2D eigenvalue weighted by atomic mass is 35.5. The molecular formula is C14H16ClN3. The van der Waals surface area contributed by atoms with Gasteiger partial charge in [-0.25, -0.2) is 9.97 Å². The molecule has 0 N–H and O–H groups in total. The molecule has 1 heterocycles. The Balaban J connectivity index is 2.11. The minimum absolute atomic E-state index is 0.446. The van der Waals surface area contributed by atoms with Crippen molar-refractivity contribution < 1.29 is 0 Å². The van der Waals surface area contributed by atoms with Crippen LogP contribution >= 0.6 is 11.6 Å². The van der Waals surface area contributed by atoms with Gasteiger partial charge in [0.2, 0.25) is 5.95 Å². The standard InChI is InChI=1S/C14H16ClN3/c1-11-5-3-4-6-13(11)10-18(2)14-16-8-12(7-15)9-17-14/h3-6,8-9H,7,10H2,1-2H3. The Kier molecular flexibility index (Phi) is 4.15. The van der Waals surface area contributed by atoms with Crippen LogP contribution in [0, 0.1) is 6.92 Å². The van der Waals surface area contributed by atoms with E-state index in [1.165, 1.54) is 11.1 Å². The highest BCUT2D eigenvalue weighted by molar-refractivity contribution is 6.17. The zero-order valence-corrected chi connectivity index (χ0v) is 11.4. The van der Waals surface area contributed by atoms with Gasteiger partial charge in [-0.3, -0.25) is 0 Å². The van der Waals surface area contributed by atoms with Crippen LogP contribution < -0.4 is 4.90 Å². The molecule has 18 heavy (non-hydrogen) atoms. The summed E-state index contributed by atoms with van der Waals surface area (Å²) in [4.78, 5) is 10.6. The molecule has 0 atom stereocenters. The van der Waals surface area contributed by atoms with Gasteiger partial charge in [-0.2, -0.15) is 0 Å². The van der Waals surface area contributed by atoms with E-state index < -0.39 is 0 Å². The van der Waals surface area contributed by atoms with Crippen LogP contribution in [0.1, 0.15) is 16.7 Å². The van der Waals surface area contributed by atoms with E-state index in [0.717, 1.165) is 12.1 Å². The summed E-state index contributed by atoms with van der Waals surface area (Å²) in [7, 11) is 1.99. The predicted octanol–water partition coefficient (Wildman–Crippen LogP) is 3.16. The van der Waals surface area contributed by atoms with Crippen LogP contribution in [-0.4, -0.2) is 17.0 Å². The number of anilines is 1. The lowest BCUT2D eigenvalue weighted by Crippen LogP contribution is -2.19. The molecule has 2 aromatic rings. The molecule has 4 heteroatoms. The van der Waals surface area contributed by atoms with E-state index in [1.54, 1.807) is 12.4 Å². The fourth-order valence-electron chi connectivity index (χ4n) is 1.73. The first-order chi connectivity index (χ1) is 8.70. The van der Waals surface area contributed by atoms with Gasteiger partial charge in [0, 0.05) is 31.5 Å². The number of hydrogen-bond acceptors (Lipinski definition) is 3. The molecule has 1 aromatic carbocycles. The summed E-state index contributed by atoms with van der Waals surface area (Å²) in [5.74, 6) is 1.16. The van der Waals surface area contributed by atoms with E-state index in [-0.39, 0.29) is 0 Å². The smallest absolute Gasteiger partial charge is 0.225 e. The van der Waals surface area contributed by atoms with Crippen LogP contribution in [0.4, 0.5) is 5.95 Å². The van der Waals surface area contributed by atoms with Crippen molar-refractivity contribution in [1.82, 2.24) is 9.97 Å². The number of hydrogen-bond donors (Lipinski definition) is 0. The summed E-state index contributed by atoms with van der Waals surface area (Å²) < 4.78 is 0. The van der Waals surface area contributed by atoms with Gasteiger partial charge in [0.1, 0.15) is 0 Å². The molecule has 0 amide bonds. The quantitative estimate of drug-likeness (QED) is 0.792. The number of aromatic nitrogens is 2. The molecule has 2 rings (SSSR count). The number of rotatable bonds is 4. The molecule has 0 spiro atoms. The Hall–Kier alpha value is -1.61. The average molecular weight is 262 g/mol. The first-order valence-electron chi connectivity index (χ1n) is 5.83. The van der Waals surface area contributed by atoms with E-state index in [0.29, 0.717) is 11.8 Å². The van der Waals surface area contributed by atoms with E-state index in [1.807, 2.05) is 24.1 Å². The molecule has 0 saturated heterocycles. The van der Waals surface area contributed by atoms with Crippen LogP contribution in [0.25, 0.3) is 0 Å². The lowest BCUT2D eigenvalue weighted by Gasteiger charge is -2.18. The molecule has 0 aliphatic carbocycles. The second-order valence-corrected chi connectivity index (χ2v) is 4.57. The van der Waals surface area contributed by atoms with Crippen LogP contribution in [0.15, 0.2) is 36.7 Å². The molecule has 0 saturated carbocycles. The third kappa shape index (κ3) is 2.99. The van der Waals surface area contributed by atoms with Crippen LogP contribution in [0.2, 0.25) is 0 Å². The van der Waals surface area contributed by atoms with Gasteiger partial charge < -0.3 is 4.90 Å². The summed E-state index contributed by atoms with van der Waals surface area (Å²) in [6, 6.07) is 8.33. The average Bonchev–Trinajstić information content (AvgIpc) is 2.41. The van der Waals surface area contributed by atoms with Gasteiger partial charge in [0.25, 0.3) is 0 Å². The second kappa shape index (κ2) is 5.83. The zero-order chi connectivity index (χ0) is 13.0.